The molecular weight excluding hydrogens is 220 g/mol. The summed E-state index contributed by atoms with van der Waals surface area (Å²) in [6.07, 6.45) is 4.28. The maximum atomic E-state index is 5.60. The molecule has 0 saturated heterocycles. The standard InChI is InChI=1S/C12H22N2OS/c1-4-13-12-14-8-11(16-12)9-15-7-5-6-10(2)3/h8,10H,4-7,9H2,1-3H3,(H,13,14). The second-order valence-corrected chi connectivity index (χ2v) is 5.37. The molecule has 0 bridgehead atoms. The molecule has 1 aromatic heterocycles. The maximum absolute atomic E-state index is 5.60. The summed E-state index contributed by atoms with van der Waals surface area (Å²) in [4.78, 5) is 5.46. The van der Waals surface area contributed by atoms with Crippen LogP contribution in [0.1, 0.15) is 38.5 Å². The van der Waals surface area contributed by atoms with Crippen molar-refractivity contribution >= 4 is 16.5 Å². The number of ether oxygens (including phenoxy) is 1. The zero-order valence-corrected chi connectivity index (χ0v) is 11.3. The zero-order valence-electron chi connectivity index (χ0n) is 10.5. The third kappa shape index (κ3) is 5.47. The molecule has 0 aliphatic rings. The van der Waals surface area contributed by atoms with E-state index in [0.29, 0.717) is 6.61 Å². The molecule has 0 aliphatic carbocycles. The van der Waals surface area contributed by atoms with Gasteiger partial charge in [-0.2, -0.15) is 0 Å². The van der Waals surface area contributed by atoms with Crippen molar-refractivity contribution in [3.63, 3.8) is 0 Å². The number of hydrogen-bond donors (Lipinski definition) is 1. The highest BCUT2D eigenvalue weighted by atomic mass is 32.1. The number of thiazole rings is 1. The highest BCUT2D eigenvalue weighted by Gasteiger charge is 2.01. The molecule has 0 aromatic carbocycles. The van der Waals surface area contributed by atoms with Crippen molar-refractivity contribution in [1.29, 1.82) is 0 Å². The van der Waals surface area contributed by atoms with E-state index >= 15 is 0 Å². The Labute approximate surface area is 102 Å². The fourth-order valence-electron chi connectivity index (χ4n) is 1.37. The van der Waals surface area contributed by atoms with Crippen LogP contribution >= 0.6 is 11.3 Å². The number of nitrogens with one attached hydrogen (secondary N) is 1. The van der Waals surface area contributed by atoms with Crippen molar-refractivity contribution in [3.05, 3.63) is 11.1 Å². The lowest BCUT2D eigenvalue weighted by atomic mass is 10.1. The van der Waals surface area contributed by atoms with Crippen LogP contribution < -0.4 is 5.32 Å². The third-order valence-corrected chi connectivity index (χ3v) is 3.12. The van der Waals surface area contributed by atoms with Gasteiger partial charge in [-0.1, -0.05) is 25.2 Å². The van der Waals surface area contributed by atoms with E-state index in [4.69, 9.17) is 4.74 Å². The van der Waals surface area contributed by atoms with Gasteiger partial charge in [0, 0.05) is 19.3 Å². The van der Waals surface area contributed by atoms with Crippen molar-refractivity contribution < 1.29 is 4.74 Å². The van der Waals surface area contributed by atoms with Crippen LogP contribution in [-0.2, 0) is 11.3 Å². The van der Waals surface area contributed by atoms with Gasteiger partial charge in [-0.3, -0.25) is 0 Å². The van der Waals surface area contributed by atoms with E-state index in [9.17, 15) is 0 Å². The van der Waals surface area contributed by atoms with Gasteiger partial charge in [-0.15, -0.1) is 0 Å². The Bertz CT molecular complexity index is 286. The Hall–Kier alpha value is -0.610. The summed E-state index contributed by atoms with van der Waals surface area (Å²) in [5.74, 6) is 0.771. The van der Waals surface area contributed by atoms with Gasteiger partial charge in [0.1, 0.15) is 0 Å². The minimum Gasteiger partial charge on any atom is -0.376 e. The first-order valence-corrected chi connectivity index (χ1v) is 6.80. The van der Waals surface area contributed by atoms with E-state index in [1.807, 2.05) is 6.20 Å². The highest BCUT2D eigenvalue weighted by molar-refractivity contribution is 7.15. The Morgan fingerprint density at radius 1 is 1.50 bits per heavy atom. The van der Waals surface area contributed by atoms with Crippen LogP contribution in [0.25, 0.3) is 0 Å². The molecule has 0 fully saturated rings. The van der Waals surface area contributed by atoms with E-state index in [1.165, 1.54) is 11.3 Å². The average Bonchev–Trinajstić information content (AvgIpc) is 2.65. The molecule has 0 amide bonds. The van der Waals surface area contributed by atoms with E-state index in [2.05, 4.69) is 31.1 Å². The molecule has 0 aliphatic heterocycles. The van der Waals surface area contributed by atoms with Crippen molar-refractivity contribution in [2.24, 2.45) is 5.92 Å². The lowest BCUT2D eigenvalue weighted by molar-refractivity contribution is 0.117. The molecule has 0 radical (unpaired) electrons. The molecule has 1 heterocycles. The van der Waals surface area contributed by atoms with Crippen LogP contribution in [0, 0.1) is 5.92 Å². The van der Waals surface area contributed by atoms with E-state index in [0.717, 1.165) is 30.6 Å². The summed E-state index contributed by atoms with van der Waals surface area (Å²) < 4.78 is 5.60. The summed E-state index contributed by atoms with van der Waals surface area (Å²) >= 11 is 1.67. The largest absolute Gasteiger partial charge is 0.376 e. The highest BCUT2D eigenvalue weighted by Crippen LogP contribution is 2.18. The lowest BCUT2D eigenvalue weighted by Gasteiger charge is -2.04. The molecule has 92 valence electrons. The number of rotatable bonds is 8. The second-order valence-electron chi connectivity index (χ2n) is 4.25. The summed E-state index contributed by atoms with van der Waals surface area (Å²) in [5.41, 5.74) is 0. The van der Waals surface area contributed by atoms with E-state index in [1.54, 1.807) is 11.3 Å². The second kappa shape index (κ2) is 7.63. The number of nitrogens with zero attached hydrogens (tertiary/aromatic N) is 1. The quantitative estimate of drug-likeness (QED) is 0.708. The van der Waals surface area contributed by atoms with Gasteiger partial charge < -0.3 is 10.1 Å². The fraction of sp³-hybridized carbons (Fsp3) is 0.750. The Kier molecular flexibility index (Phi) is 6.42. The summed E-state index contributed by atoms with van der Waals surface area (Å²) in [6.45, 7) is 9.03. The molecule has 3 nitrogen and oxygen atoms in total. The van der Waals surface area contributed by atoms with Gasteiger partial charge >= 0.3 is 0 Å². The fourth-order valence-corrected chi connectivity index (χ4v) is 2.19. The Morgan fingerprint density at radius 2 is 2.31 bits per heavy atom. The first-order chi connectivity index (χ1) is 7.72. The SMILES string of the molecule is CCNc1ncc(COCCCC(C)C)s1. The van der Waals surface area contributed by atoms with Crippen LogP contribution in [0.4, 0.5) is 5.13 Å². The van der Waals surface area contributed by atoms with Gasteiger partial charge in [0.2, 0.25) is 0 Å². The molecule has 16 heavy (non-hydrogen) atoms. The van der Waals surface area contributed by atoms with Crippen LogP contribution in [-0.4, -0.2) is 18.1 Å². The normalized spacial score (nSPS) is 11.0. The zero-order chi connectivity index (χ0) is 11.8. The molecule has 0 saturated carbocycles. The van der Waals surface area contributed by atoms with Crippen molar-refractivity contribution in [3.8, 4) is 0 Å². The van der Waals surface area contributed by atoms with Crippen LogP contribution in [0.15, 0.2) is 6.20 Å². The average molecular weight is 242 g/mol. The van der Waals surface area contributed by atoms with Gasteiger partial charge in [-0.25, -0.2) is 4.98 Å². The molecular formula is C12H22N2OS. The topological polar surface area (TPSA) is 34.2 Å². The van der Waals surface area contributed by atoms with Gasteiger partial charge in [-0.05, 0) is 25.7 Å². The minimum atomic E-state index is 0.696. The third-order valence-electron chi connectivity index (χ3n) is 2.20. The molecule has 0 unspecified atom stereocenters. The number of aromatic nitrogens is 1. The number of anilines is 1. The van der Waals surface area contributed by atoms with Gasteiger partial charge in [0.15, 0.2) is 5.13 Å². The monoisotopic (exact) mass is 242 g/mol. The van der Waals surface area contributed by atoms with Crippen LogP contribution in [0.5, 0.6) is 0 Å². The van der Waals surface area contributed by atoms with Crippen molar-refractivity contribution in [2.45, 2.75) is 40.2 Å². The van der Waals surface area contributed by atoms with Crippen molar-refractivity contribution in [1.82, 2.24) is 4.98 Å². The predicted octanol–water partition coefficient (Wildman–Crippen LogP) is 3.53. The molecule has 1 aromatic rings. The molecule has 1 rings (SSSR count). The molecule has 0 spiro atoms. The summed E-state index contributed by atoms with van der Waals surface area (Å²) in [7, 11) is 0. The van der Waals surface area contributed by atoms with Gasteiger partial charge in [0.05, 0.1) is 11.5 Å². The van der Waals surface area contributed by atoms with E-state index in [-0.39, 0.29) is 0 Å². The van der Waals surface area contributed by atoms with Crippen LogP contribution in [0.2, 0.25) is 0 Å². The lowest BCUT2D eigenvalue weighted by Crippen LogP contribution is -1.96. The Balaban J connectivity index is 2.12. The predicted molar refractivity (Wildman–Crippen MR) is 70.0 cm³/mol. The van der Waals surface area contributed by atoms with E-state index < -0.39 is 0 Å². The smallest absolute Gasteiger partial charge is 0.182 e. The first-order valence-electron chi connectivity index (χ1n) is 5.98. The number of hydrogen-bond acceptors (Lipinski definition) is 4. The molecule has 1 N–H and O–H groups in total. The van der Waals surface area contributed by atoms with Crippen molar-refractivity contribution in [2.75, 3.05) is 18.5 Å². The molecule has 0 atom stereocenters. The maximum Gasteiger partial charge on any atom is 0.182 e. The Morgan fingerprint density at radius 3 is 3.00 bits per heavy atom. The molecule has 4 heteroatoms. The van der Waals surface area contributed by atoms with Gasteiger partial charge in [0.25, 0.3) is 0 Å². The minimum absolute atomic E-state index is 0.696. The first kappa shape index (κ1) is 13.5. The van der Waals surface area contributed by atoms with Crippen LogP contribution in [0.3, 0.4) is 0 Å². The summed E-state index contributed by atoms with van der Waals surface area (Å²) in [6, 6.07) is 0. The summed E-state index contributed by atoms with van der Waals surface area (Å²) in [5, 5.41) is 4.19.